The van der Waals surface area contributed by atoms with Crippen molar-refractivity contribution in [1.82, 2.24) is 0 Å². The summed E-state index contributed by atoms with van der Waals surface area (Å²) in [5, 5.41) is 8.39. The molecule has 6 rings (SSSR count). The van der Waals surface area contributed by atoms with Gasteiger partial charge in [0.15, 0.2) is 0 Å². The van der Waals surface area contributed by atoms with Crippen LogP contribution in [0.3, 0.4) is 0 Å². The molecule has 0 aliphatic carbocycles. The van der Waals surface area contributed by atoms with Crippen LogP contribution in [-0.2, 0) is 24.1 Å². The van der Waals surface area contributed by atoms with E-state index in [9.17, 15) is 0 Å². The predicted molar refractivity (Wildman–Crippen MR) is 174 cm³/mol. The van der Waals surface area contributed by atoms with Gasteiger partial charge in [0.25, 0.3) is 0 Å². The molecule has 42 heavy (non-hydrogen) atoms. The Labute approximate surface area is 271 Å². The number of rotatable bonds is 6. The maximum Gasteiger partial charge on any atom is 0 e. The number of benzene rings is 6. The minimum atomic E-state index is -0.446. The van der Waals surface area contributed by atoms with Gasteiger partial charge in [-0.1, -0.05) is 182 Å². The third kappa shape index (κ3) is 9.98. The second-order valence-corrected chi connectivity index (χ2v) is 13.1. The van der Waals surface area contributed by atoms with Gasteiger partial charge in [-0.25, -0.2) is 0 Å². The van der Waals surface area contributed by atoms with E-state index in [-0.39, 0.29) is 31.9 Å². The molecular formula is C37H30ClOP2Rh. The molecule has 0 fully saturated rings. The average Bonchev–Trinajstić information content (AvgIpc) is 3.06. The molecule has 6 aromatic rings. The Kier molecular flexibility index (Phi) is 16.6. The normalized spacial score (nSPS) is 9.62. The van der Waals surface area contributed by atoms with Crippen LogP contribution in [0.25, 0.3) is 0 Å². The van der Waals surface area contributed by atoms with E-state index in [1.54, 1.807) is 0 Å². The van der Waals surface area contributed by atoms with Crippen molar-refractivity contribution in [3.05, 3.63) is 189 Å². The Morgan fingerprint density at radius 1 is 0.286 bits per heavy atom. The predicted octanol–water partition coefficient (Wildman–Crippen LogP) is 3.85. The van der Waals surface area contributed by atoms with Crippen LogP contribution in [0.1, 0.15) is 0 Å². The summed E-state index contributed by atoms with van der Waals surface area (Å²) in [5.74, 6) is 0. The largest absolute Gasteiger partial charge is 1.00 e. The minimum absolute atomic E-state index is 0. The van der Waals surface area contributed by atoms with Gasteiger partial charge in [-0.2, -0.15) is 0 Å². The van der Waals surface area contributed by atoms with Gasteiger partial charge < -0.3 is 12.4 Å². The Bertz CT molecular complexity index is 1230. The van der Waals surface area contributed by atoms with E-state index in [1.165, 1.54) is 31.8 Å². The van der Waals surface area contributed by atoms with Crippen molar-refractivity contribution in [2.75, 3.05) is 0 Å². The summed E-state index contributed by atoms with van der Waals surface area (Å²) in [6.07, 6.45) is 0. The van der Waals surface area contributed by atoms with E-state index < -0.39 is 15.8 Å². The van der Waals surface area contributed by atoms with Crippen molar-refractivity contribution in [3.8, 4) is 0 Å². The van der Waals surface area contributed by atoms with Crippen LogP contribution in [0.5, 0.6) is 0 Å². The fraction of sp³-hybridized carbons (Fsp3) is 0. The Hall–Kier alpha value is -3.17. The van der Waals surface area contributed by atoms with E-state index in [4.69, 9.17) is 4.65 Å². The zero-order chi connectivity index (χ0) is 27.8. The summed E-state index contributed by atoms with van der Waals surface area (Å²) in [5.41, 5.74) is 0. The third-order valence-corrected chi connectivity index (χ3v) is 11.0. The summed E-state index contributed by atoms with van der Waals surface area (Å²) in [4.78, 5) is 0. The fourth-order valence-electron chi connectivity index (χ4n) is 4.36. The van der Waals surface area contributed by atoms with Crippen LogP contribution in [0.4, 0.5) is 0 Å². The van der Waals surface area contributed by atoms with E-state index in [2.05, 4.69) is 189 Å². The van der Waals surface area contributed by atoms with Gasteiger partial charge in [-0.3, -0.25) is 0 Å². The summed E-state index contributed by atoms with van der Waals surface area (Å²) in [7, 11) is -0.892. The topological polar surface area (TPSA) is 19.9 Å². The van der Waals surface area contributed by atoms with Gasteiger partial charge in [0.05, 0.1) is 0 Å². The molecule has 0 amide bonds. The molecule has 0 aromatic heterocycles. The summed E-state index contributed by atoms with van der Waals surface area (Å²) >= 11 is 0. The summed E-state index contributed by atoms with van der Waals surface area (Å²) in [6.45, 7) is 4.50. The van der Waals surface area contributed by atoms with Gasteiger partial charge >= 0.3 is 11.3 Å². The van der Waals surface area contributed by atoms with Gasteiger partial charge in [-0.05, 0) is 47.7 Å². The Morgan fingerprint density at radius 2 is 0.405 bits per heavy atom. The molecule has 6 aromatic carbocycles. The van der Waals surface area contributed by atoms with E-state index in [1.807, 2.05) is 0 Å². The van der Waals surface area contributed by atoms with Crippen molar-refractivity contribution >= 4 is 47.7 Å². The third-order valence-electron chi connectivity index (χ3n) is 6.09. The fourth-order valence-corrected chi connectivity index (χ4v) is 8.97. The van der Waals surface area contributed by atoms with Crippen LogP contribution < -0.4 is 44.2 Å². The van der Waals surface area contributed by atoms with Gasteiger partial charge in [0, 0.05) is 19.5 Å². The smallest absolute Gasteiger partial charge is 0 e. The van der Waals surface area contributed by atoms with Crippen LogP contribution in [0.15, 0.2) is 182 Å². The van der Waals surface area contributed by atoms with Crippen LogP contribution in [0.2, 0.25) is 0 Å². The maximum atomic E-state index is 7.50. The molecule has 0 saturated carbocycles. The molecule has 0 aliphatic heterocycles. The van der Waals surface area contributed by atoms with Crippen LogP contribution >= 0.6 is 15.8 Å². The summed E-state index contributed by atoms with van der Waals surface area (Å²) in [6, 6.07) is 64.7. The molecule has 1 nitrogen and oxygen atoms in total. The first-order valence-electron chi connectivity index (χ1n) is 13.0. The molecule has 0 N–H and O–H groups in total. The molecule has 0 heterocycles. The van der Waals surface area contributed by atoms with Crippen LogP contribution in [-0.4, -0.2) is 0 Å². The van der Waals surface area contributed by atoms with Gasteiger partial charge in [0.2, 0.25) is 0 Å². The molecule has 0 saturated heterocycles. The number of hydrogen-bond acceptors (Lipinski definition) is 0. The second kappa shape index (κ2) is 19.9. The minimum Gasteiger partial charge on any atom is -1.00 e. The average molecular weight is 691 g/mol. The van der Waals surface area contributed by atoms with Crippen LogP contribution in [0, 0.1) is 6.65 Å². The molecule has 0 bridgehead atoms. The van der Waals surface area contributed by atoms with E-state index >= 15 is 0 Å². The quantitative estimate of drug-likeness (QED) is 0.144. The molecule has 5 heteroatoms. The van der Waals surface area contributed by atoms with Crippen molar-refractivity contribution in [2.24, 2.45) is 0 Å². The van der Waals surface area contributed by atoms with E-state index in [0.717, 1.165) is 0 Å². The van der Waals surface area contributed by atoms with E-state index in [0.29, 0.717) is 0 Å². The molecule has 0 spiro atoms. The maximum absolute atomic E-state index is 7.50. The first-order valence-corrected chi connectivity index (χ1v) is 15.7. The molecule has 210 valence electrons. The molecule has 0 atom stereocenters. The zero-order valence-electron chi connectivity index (χ0n) is 22.8. The SMILES string of the molecule is [C]#[O+].[Cl-].[Rh].c1ccc(P(c2ccccc2)c2ccccc2)cc1.c1ccc(P(c2ccccc2)c2ccccc2)cc1. The van der Waals surface area contributed by atoms with Gasteiger partial charge in [-0.15, -0.1) is 0 Å². The van der Waals surface area contributed by atoms with Crippen molar-refractivity contribution in [2.45, 2.75) is 0 Å². The first-order chi connectivity index (χ1) is 19.9. The second-order valence-electron chi connectivity index (χ2n) is 8.68. The molecule has 0 aliphatic rings. The van der Waals surface area contributed by atoms with Crippen molar-refractivity contribution < 1.29 is 36.5 Å². The summed E-state index contributed by atoms with van der Waals surface area (Å²) < 4.78 is 7.50. The monoisotopic (exact) mass is 690 g/mol. The van der Waals surface area contributed by atoms with Gasteiger partial charge in [0.1, 0.15) is 0 Å². The number of hydrogen-bond donors (Lipinski definition) is 0. The molecule has 0 unspecified atom stereocenters. The molecular weight excluding hydrogens is 661 g/mol. The standard InChI is InChI=1S/2C18H15P.CO.ClH.Rh/c2*1-4-10-16(11-5-1)19(17-12-6-2-7-13-17)18-14-8-3-9-15-18;1-2;;/h2*1-15H;;1H;/q;;+1;;/p-1. The number of halogens is 1. The Morgan fingerprint density at radius 3 is 0.524 bits per heavy atom. The molecule has 2 radical (unpaired) electrons. The van der Waals surface area contributed by atoms with Crippen molar-refractivity contribution in [1.29, 1.82) is 0 Å². The zero-order valence-corrected chi connectivity index (χ0v) is 27.0. The Balaban J connectivity index is 0.000000265. The first kappa shape index (κ1) is 35.0. The van der Waals surface area contributed by atoms with Crippen molar-refractivity contribution in [3.63, 3.8) is 0 Å².